The van der Waals surface area contributed by atoms with Crippen LogP contribution in [-0.2, 0) is 11.3 Å². The molecular weight excluding hydrogens is 196 g/mol. The van der Waals surface area contributed by atoms with Gasteiger partial charge in [-0.1, -0.05) is 6.92 Å². The quantitative estimate of drug-likeness (QED) is 0.396. The van der Waals surface area contributed by atoms with Gasteiger partial charge in [0, 0.05) is 6.54 Å². The van der Waals surface area contributed by atoms with Crippen LogP contribution in [0.3, 0.4) is 0 Å². The van der Waals surface area contributed by atoms with Crippen LogP contribution in [0.15, 0.2) is 12.4 Å². The number of amides is 1. The average molecular weight is 212 g/mol. The number of hydrogen-bond acceptors (Lipinski definition) is 4. The van der Waals surface area contributed by atoms with Gasteiger partial charge < -0.3 is 4.74 Å². The summed E-state index contributed by atoms with van der Waals surface area (Å²) >= 11 is 0. The third kappa shape index (κ3) is 3.99. The lowest BCUT2D eigenvalue weighted by molar-refractivity contribution is -0.121. The minimum atomic E-state index is -0.240. The van der Waals surface area contributed by atoms with E-state index in [1.54, 1.807) is 10.9 Å². The van der Waals surface area contributed by atoms with Gasteiger partial charge in [-0.15, -0.1) is 0 Å². The predicted octanol–water partition coefficient (Wildman–Crippen LogP) is 0.0519. The Kier molecular flexibility index (Phi) is 4.62. The molecule has 1 amide bonds. The van der Waals surface area contributed by atoms with Crippen molar-refractivity contribution in [1.82, 2.24) is 15.2 Å². The maximum atomic E-state index is 10.8. The van der Waals surface area contributed by atoms with E-state index < -0.39 is 0 Å². The Balaban J connectivity index is 2.28. The number of aryl methyl sites for hydroxylation is 1. The number of hydrogen-bond donors (Lipinski definition) is 2. The van der Waals surface area contributed by atoms with Crippen LogP contribution in [0, 0.1) is 0 Å². The topological polar surface area (TPSA) is 82.2 Å². The van der Waals surface area contributed by atoms with E-state index in [4.69, 9.17) is 10.6 Å². The highest BCUT2D eigenvalue weighted by atomic mass is 16.5. The molecule has 0 spiro atoms. The number of carbonyl (C=O) groups is 1. The van der Waals surface area contributed by atoms with Crippen molar-refractivity contribution in [3.05, 3.63) is 12.4 Å². The number of nitrogens with one attached hydrogen (secondary N) is 1. The lowest BCUT2D eigenvalue weighted by Crippen LogP contribution is -2.31. The summed E-state index contributed by atoms with van der Waals surface area (Å²) in [4.78, 5) is 10.8. The molecule has 1 aromatic rings. The Morgan fingerprint density at radius 1 is 1.73 bits per heavy atom. The third-order valence-electron chi connectivity index (χ3n) is 1.82. The van der Waals surface area contributed by atoms with Crippen LogP contribution >= 0.6 is 0 Å². The van der Waals surface area contributed by atoms with Gasteiger partial charge >= 0.3 is 0 Å². The van der Waals surface area contributed by atoms with Crippen LogP contribution in [0.1, 0.15) is 19.8 Å². The van der Waals surface area contributed by atoms with Crippen LogP contribution < -0.4 is 16.0 Å². The molecule has 3 N–H and O–H groups in total. The molecule has 0 radical (unpaired) electrons. The fraction of sp³-hybridized carbons (Fsp3) is 0.556. The van der Waals surface area contributed by atoms with E-state index in [1.165, 1.54) is 0 Å². The number of nitrogens with two attached hydrogens (primary N) is 1. The first kappa shape index (κ1) is 11.5. The molecular formula is C9H16N4O2. The number of carbonyl (C=O) groups excluding carboxylic acids is 1. The molecule has 0 unspecified atom stereocenters. The maximum Gasteiger partial charge on any atom is 0.237 e. The summed E-state index contributed by atoms with van der Waals surface area (Å²) in [7, 11) is 0. The standard InChI is InChI=1S/C9H16N4O2/c1-2-4-13-7-8(6-11-13)15-5-3-9(14)12-10/h6-7H,2-5,10H2,1H3,(H,12,14). The van der Waals surface area contributed by atoms with E-state index in [2.05, 4.69) is 12.0 Å². The molecule has 0 aliphatic carbocycles. The minimum Gasteiger partial charge on any atom is -0.490 e. The Labute approximate surface area is 88.4 Å². The zero-order chi connectivity index (χ0) is 11.1. The monoisotopic (exact) mass is 212 g/mol. The highest BCUT2D eigenvalue weighted by Gasteiger charge is 2.01. The molecule has 1 rings (SSSR count). The first-order valence-corrected chi connectivity index (χ1v) is 4.91. The van der Waals surface area contributed by atoms with Gasteiger partial charge in [0.05, 0.1) is 25.4 Å². The molecule has 0 atom stereocenters. The zero-order valence-electron chi connectivity index (χ0n) is 8.77. The molecule has 0 saturated heterocycles. The van der Waals surface area contributed by atoms with Crippen LogP contribution in [0.5, 0.6) is 5.75 Å². The van der Waals surface area contributed by atoms with E-state index in [-0.39, 0.29) is 12.3 Å². The van der Waals surface area contributed by atoms with Gasteiger partial charge in [-0.25, -0.2) is 5.84 Å². The van der Waals surface area contributed by atoms with E-state index in [0.29, 0.717) is 12.4 Å². The summed E-state index contributed by atoms with van der Waals surface area (Å²) in [6.07, 6.45) is 4.71. The highest BCUT2D eigenvalue weighted by Crippen LogP contribution is 2.08. The lowest BCUT2D eigenvalue weighted by Gasteiger charge is -2.01. The molecule has 6 heteroatoms. The largest absolute Gasteiger partial charge is 0.490 e. The first-order chi connectivity index (χ1) is 7.26. The van der Waals surface area contributed by atoms with E-state index in [9.17, 15) is 4.79 Å². The second-order valence-electron chi connectivity index (χ2n) is 3.11. The van der Waals surface area contributed by atoms with Gasteiger partial charge in [0.1, 0.15) is 0 Å². The molecule has 0 bridgehead atoms. The van der Waals surface area contributed by atoms with Crippen molar-refractivity contribution in [3.8, 4) is 5.75 Å². The number of rotatable bonds is 6. The van der Waals surface area contributed by atoms with E-state index >= 15 is 0 Å². The third-order valence-corrected chi connectivity index (χ3v) is 1.82. The molecule has 84 valence electrons. The molecule has 0 saturated carbocycles. The van der Waals surface area contributed by atoms with Gasteiger partial charge in [0.15, 0.2) is 5.75 Å². The molecule has 0 aliphatic rings. The Hall–Kier alpha value is -1.56. The second-order valence-corrected chi connectivity index (χ2v) is 3.11. The van der Waals surface area contributed by atoms with Crippen LogP contribution in [-0.4, -0.2) is 22.3 Å². The smallest absolute Gasteiger partial charge is 0.237 e. The first-order valence-electron chi connectivity index (χ1n) is 4.91. The van der Waals surface area contributed by atoms with Gasteiger partial charge in [0.25, 0.3) is 0 Å². The van der Waals surface area contributed by atoms with Crippen LogP contribution in [0.2, 0.25) is 0 Å². The summed E-state index contributed by atoms with van der Waals surface area (Å²) in [6, 6.07) is 0. The fourth-order valence-corrected chi connectivity index (χ4v) is 1.10. The number of aromatic nitrogens is 2. The number of nitrogens with zero attached hydrogens (tertiary/aromatic N) is 2. The second kappa shape index (κ2) is 6.02. The summed E-state index contributed by atoms with van der Waals surface area (Å²) in [6.45, 7) is 3.25. The molecule has 0 fully saturated rings. The lowest BCUT2D eigenvalue weighted by atomic mass is 10.4. The summed E-state index contributed by atoms with van der Waals surface area (Å²) in [5, 5.41) is 4.09. The number of hydrazine groups is 1. The van der Waals surface area contributed by atoms with Crippen molar-refractivity contribution in [1.29, 1.82) is 0 Å². The zero-order valence-corrected chi connectivity index (χ0v) is 8.77. The Morgan fingerprint density at radius 3 is 3.20 bits per heavy atom. The van der Waals surface area contributed by atoms with Crippen LogP contribution in [0.4, 0.5) is 0 Å². The van der Waals surface area contributed by atoms with Crippen molar-refractivity contribution < 1.29 is 9.53 Å². The SMILES string of the molecule is CCCn1cc(OCCC(=O)NN)cn1. The minimum absolute atomic E-state index is 0.240. The van der Waals surface area contributed by atoms with Gasteiger partial charge in [0.2, 0.25) is 5.91 Å². The Morgan fingerprint density at radius 2 is 2.53 bits per heavy atom. The van der Waals surface area contributed by atoms with Gasteiger partial charge in [-0.05, 0) is 6.42 Å². The summed E-state index contributed by atoms with van der Waals surface area (Å²) in [5.41, 5.74) is 2.04. The fourth-order valence-electron chi connectivity index (χ4n) is 1.10. The molecule has 1 heterocycles. The predicted molar refractivity (Wildman–Crippen MR) is 55.0 cm³/mol. The molecule has 0 aromatic carbocycles. The maximum absolute atomic E-state index is 10.8. The van der Waals surface area contributed by atoms with E-state index in [0.717, 1.165) is 13.0 Å². The molecule has 15 heavy (non-hydrogen) atoms. The van der Waals surface area contributed by atoms with Gasteiger partial charge in [-0.2, -0.15) is 5.10 Å². The van der Waals surface area contributed by atoms with Crippen molar-refractivity contribution >= 4 is 5.91 Å². The summed E-state index contributed by atoms with van der Waals surface area (Å²) in [5.74, 6) is 5.36. The van der Waals surface area contributed by atoms with Gasteiger partial charge in [-0.3, -0.25) is 14.9 Å². The van der Waals surface area contributed by atoms with Crippen molar-refractivity contribution in [2.24, 2.45) is 5.84 Å². The molecule has 1 aromatic heterocycles. The Bertz CT molecular complexity index is 311. The summed E-state index contributed by atoms with van der Waals surface area (Å²) < 4.78 is 7.11. The van der Waals surface area contributed by atoms with Crippen molar-refractivity contribution in [3.63, 3.8) is 0 Å². The normalized spacial score (nSPS) is 10.0. The van der Waals surface area contributed by atoms with Crippen molar-refractivity contribution in [2.75, 3.05) is 6.61 Å². The molecule has 0 aliphatic heterocycles. The number of ether oxygens (including phenoxy) is 1. The molecule has 6 nitrogen and oxygen atoms in total. The van der Waals surface area contributed by atoms with Crippen LogP contribution in [0.25, 0.3) is 0 Å². The average Bonchev–Trinajstić information content (AvgIpc) is 2.66. The highest BCUT2D eigenvalue weighted by molar-refractivity contribution is 5.75. The van der Waals surface area contributed by atoms with E-state index in [1.807, 2.05) is 11.6 Å². The van der Waals surface area contributed by atoms with Crippen molar-refractivity contribution in [2.45, 2.75) is 26.3 Å².